The van der Waals surface area contributed by atoms with E-state index >= 15 is 0 Å². The Kier molecular flexibility index (Phi) is 15.7. The Morgan fingerprint density at radius 1 is 0.667 bits per heavy atom. The highest BCUT2D eigenvalue weighted by molar-refractivity contribution is 4.47. The smallest absolute Gasteiger partial charge is 0.111 e. The SMILES string of the molecule is C=COCCOCCOCCOCCOCCO. The van der Waals surface area contributed by atoms with E-state index in [4.69, 9.17) is 28.8 Å². The van der Waals surface area contributed by atoms with Crippen molar-refractivity contribution in [1.29, 1.82) is 0 Å². The number of aliphatic hydroxyl groups is 1. The third kappa shape index (κ3) is 15.3. The van der Waals surface area contributed by atoms with E-state index in [1.807, 2.05) is 0 Å². The first-order valence-corrected chi connectivity index (χ1v) is 6.06. The third-order valence-corrected chi connectivity index (χ3v) is 1.82. The molecule has 18 heavy (non-hydrogen) atoms. The molecule has 0 aliphatic carbocycles. The molecule has 0 saturated carbocycles. The van der Waals surface area contributed by atoms with Crippen molar-refractivity contribution in [1.82, 2.24) is 0 Å². The minimum absolute atomic E-state index is 0.0426. The van der Waals surface area contributed by atoms with Crippen LogP contribution in [0.15, 0.2) is 12.8 Å². The molecule has 0 aromatic rings. The van der Waals surface area contributed by atoms with E-state index in [9.17, 15) is 0 Å². The van der Waals surface area contributed by atoms with Crippen molar-refractivity contribution >= 4 is 0 Å². The van der Waals surface area contributed by atoms with Gasteiger partial charge >= 0.3 is 0 Å². The second kappa shape index (κ2) is 16.3. The molecule has 0 aromatic heterocycles. The van der Waals surface area contributed by atoms with E-state index in [-0.39, 0.29) is 6.61 Å². The fourth-order valence-electron chi connectivity index (χ4n) is 1.02. The molecule has 0 amide bonds. The van der Waals surface area contributed by atoms with Crippen LogP contribution in [0.2, 0.25) is 0 Å². The maximum Gasteiger partial charge on any atom is 0.111 e. The normalized spacial score (nSPS) is 10.5. The minimum atomic E-state index is 0.0426. The summed E-state index contributed by atoms with van der Waals surface area (Å²) in [7, 11) is 0. The Hall–Kier alpha value is -0.660. The van der Waals surface area contributed by atoms with Crippen LogP contribution in [0.25, 0.3) is 0 Å². The van der Waals surface area contributed by atoms with E-state index < -0.39 is 0 Å². The lowest BCUT2D eigenvalue weighted by Gasteiger charge is -2.07. The first-order valence-electron chi connectivity index (χ1n) is 6.06. The molecule has 0 radical (unpaired) electrons. The quantitative estimate of drug-likeness (QED) is 0.337. The second-order valence-electron chi connectivity index (χ2n) is 3.21. The van der Waals surface area contributed by atoms with Crippen molar-refractivity contribution in [2.45, 2.75) is 0 Å². The molecule has 0 aliphatic rings. The average molecular weight is 264 g/mol. The van der Waals surface area contributed by atoms with E-state index in [1.165, 1.54) is 6.26 Å². The van der Waals surface area contributed by atoms with Crippen LogP contribution < -0.4 is 0 Å². The van der Waals surface area contributed by atoms with E-state index in [1.54, 1.807) is 0 Å². The molecule has 0 atom stereocenters. The summed E-state index contributed by atoms with van der Waals surface area (Å²) in [4.78, 5) is 0. The van der Waals surface area contributed by atoms with Crippen LogP contribution in [0, 0.1) is 0 Å². The summed E-state index contributed by atoms with van der Waals surface area (Å²) in [5.74, 6) is 0. The summed E-state index contributed by atoms with van der Waals surface area (Å²) in [6, 6.07) is 0. The zero-order chi connectivity index (χ0) is 13.3. The molecule has 0 spiro atoms. The van der Waals surface area contributed by atoms with Gasteiger partial charge < -0.3 is 28.8 Å². The molecule has 6 heteroatoms. The monoisotopic (exact) mass is 264 g/mol. The van der Waals surface area contributed by atoms with Crippen molar-refractivity contribution in [3.05, 3.63) is 12.8 Å². The van der Waals surface area contributed by atoms with Gasteiger partial charge in [-0.3, -0.25) is 0 Å². The Balaban J connectivity index is 2.88. The van der Waals surface area contributed by atoms with Crippen LogP contribution >= 0.6 is 0 Å². The largest absolute Gasteiger partial charge is 0.499 e. The predicted octanol–water partition coefficient (Wildman–Crippen LogP) is 0.205. The van der Waals surface area contributed by atoms with E-state index in [0.717, 1.165) is 0 Å². The van der Waals surface area contributed by atoms with Gasteiger partial charge in [0.25, 0.3) is 0 Å². The summed E-state index contributed by atoms with van der Waals surface area (Å²) in [6.07, 6.45) is 1.39. The third-order valence-electron chi connectivity index (χ3n) is 1.82. The highest BCUT2D eigenvalue weighted by Crippen LogP contribution is 1.83. The summed E-state index contributed by atoms with van der Waals surface area (Å²) in [6.45, 7) is 8.02. The van der Waals surface area contributed by atoms with E-state index in [0.29, 0.717) is 59.5 Å². The number of hydrogen-bond acceptors (Lipinski definition) is 6. The van der Waals surface area contributed by atoms with Crippen molar-refractivity contribution < 1.29 is 28.8 Å². The lowest BCUT2D eigenvalue weighted by Crippen LogP contribution is -2.13. The fraction of sp³-hybridized carbons (Fsp3) is 0.833. The van der Waals surface area contributed by atoms with E-state index in [2.05, 4.69) is 6.58 Å². The Morgan fingerprint density at radius 3 is 1.44 bits per heavy atom. The number of rotatable bonds is 15. The van der Waals surface area contributed by atoms with Gasteiger partial charge in [-0.25, -0.2) is 0 Å². The number of ether oxygens (including phenoxy) is 5. The van der Waals surface area contributed by atoms with Crippen LogP contribution in [0.1, 0.15) is 0 Å². The standard InChI is InChI=1S/C12H24O6/c1-2-14-5-6-16-9-10-18-12-11-17-8-7-15-4-3-13/h2,13H,1,3-12H2. The van der Waals surface area contributed by atoms with Gasteiger partial charge in [0.2, 0.25) is 0 Å². The zero-order valence-corrected chi connectivity index (χ0v) is 10.8. The molecule has 0 bridgehead atoms. The molecular weight excluding hydrogens is 240 g/mol. The maximum absolute atomic E-state index is 8.45. The Bertz CT molecular complexity index is 165. The van der Waals surface area contributed by atoms with Crippen LogP contribution in [0.4, 0.5) is 0 Å². The first-order chi connectivity index (χ1) is 8.91. The van der Waals surface area contributed by atoms with Crippen LogP contribution in [0.5, 0.6) is 0 Å². The van der Waals surface area contributed by atoms with Gasteiger partial charge in [-0.1, -0.05) is 6.58 Å². The van der Waals surface area contributed by atoms with Crippen molar-refractivity contribution in [2.75, 3.05) is 66.1 Å². The molecule has 0 saturated heterocycles. The molecule has 0 rings (SSSR count). The molecule has 0 fully saturated rings. The topological polar surface area (TPSA) is 66.4 Å². The Morgan fingerprint density at radius 2 is 1.06 bits per heavy atom. The van der Waals surface area contributed by atoms with Crippen molar-refractivity contribution in [2.24, 2.45) is 0 Å². The summed E-state index contributed by atoms with van der Waals surface area (Å²) >= 11 is 0. The fourth-order valence-corrected chi connectivity index (χ4v) is 1.02. The molecular formula is C12H24O6. The number of hydrogen-bond donors (Lipinski definition) is 1. The van der Waals surface area contributed by atoms with Gasteiger partial charge in [0.05, 0.1) is 65.7 Å². The molecule has 6 nitrogen and oxygen atoms in total. The van der Waals surface area contributed by atoms with Crippen LogP contribution in [0.3, 0.4) is 0 Å². The zero-order valence-electron chi connectivity index (χ0n) is 10.8. The minimum Gasteiger partial charge on any atom is -0.499 e. The molecule has 0 aromatic carbocycles. The molecule has 1 N–H and O–H groups in total. The van der Waals surface area contributed by atoms with Gasteiger partial charge in [-0.05, 0) is 0 Å². The lowest BCUT2D eigenvalue weighted by atomic mass is 10.7. The summed E-state index contributed by atoms with van der Waals surface area (Å²) in [5.41, 5.74) is 0. The molecule has 0 unspecified atom stereocenters. The summed E-state index contributed by atoms with van der Waals surface area (Å²) < 4.78 is 25.6. The average Bonchev–Trinajstić information content (AvgIpc) is 2.39. The Labute approximate surface area is 108 Å². The first kappa shape index (κ1) is 17.3. The second-order valence-corrected chi connectivity index (χ2v) is 3.21. The highest BCUT2D eigenvalue weighted by atomic mass is 16.6. The van der Waals surface area contributed by atoms with Crippen LogP contribution in [-0.2, 0) is 23.7 Å². The van der Waals surface area contributed by atoms with Gasteiger partial charge in [-0.15, -0.1) is 0 Å². The predicted molar refractivity (Wildman–Crippen MR) is 66.5 cm³/mol. The van der Waals surface area contributed by atoms with Crippen molar-refractivity contribution in [3.8, 4) is 0 Å². The molecule has 0 aliphatic heterocycles. The summed E-state index contributed by atoms with van der Waals surface area (Å²) in [5, 5.41) is 8.45. The van der Waals surface area contributed by atoms with Crippen molar-refractivity contribution in [3.63, 3.8) is 0 Å². The maximum atomic E-state index is 8.45. The van der Waals surface area contributed by atoms with Gasteiger partial charge in [-0.2, -0.15) is 0 Å². The highest BCUT2D eigenvalue weighted by Gasteiger charge is 1.92. The molecule has 108 valence electrons. The van der Waals surface area contributed by atoms with Gasteiger partial charge in [0.1, 0.15) is 6.61 Å². The molecule has 0 heterocycles. The number of aliphatic hydroxyl groups excluding tert-OH is 1. The van der Waals surface area contributed by atoms with Gasteiger partial charge in [0.15, 0.2) is 0 Å². The van der Waals surface area contributed by atoms with Crippen LogP contribution in [-0.4, -0.2) is 71.2 Å². The van der Waals surface area contributed by atoms with Gasteiger partial charge in [0, 0.05) is 0 Å². The lowest BCUT2D eigenvalue weighted by molar-refractivity contribution is -0.00908.